The monoisotopic (exact) mass is 416 g/mol. The Morgan fingerprint density at radius 3 is 2.73 bits per heavy atom. The molecule has 1 aliphatic heterocycles. The van der Waals surface area contributed by atoms with Crippen LogP contribution in [0, 0.1) is 11.3 Å². The van der Waals surface area contributed by atoms with E-state index in [1.54, 1.807) is 4.90 Å². The Balaban J connectivity index is 1.65. The zero-order chi connectivity index (χ0) is 18.4. The van der Waals surface area contributed by atoms with Gasteiger partial charge in [0.1, 0.15) is 5.75 Å². The minimum atomic E-state index is -0.0805. The number of nitriles is 1. The predicted octanol–water partition coefficient (Wildman–Crippen LogP) is 3.90. The maximum Gasteiger partial charge on any atom is 0.260 e. The molecule has 1 saturated heterocycles. The van der Waals surface area contributed by atoms with Gasteiger partial charge in [0, 0.05) is 30.3 Å². The van der Waals surface area contributed by atoms with Crippen LogP contribution in [-0.2, 0) is 9.53 Å². The summed E-state index contributed by atoms with van der Waals surface area (Å²) >= 11 is 3.46. The molecular weight excluding hydrogens is 396 g/mol. The molecule has 1 fully saturated rings. The van der Waals surface area contributed by atoms with Crippen LogP contribution in [-0.4, -0.2) is 43.2 Å². The van der Waals surface area contributed by atoms with Crippen LogP contribution in [0.2, 0.25) is 0 Å². The molecule has 0 radical (unpaired) electrons. The van der Waals surface area contributed by atoms with Crippen LogP contribution in [0.25, 0.3) is 10.8 Å². The molecule has 26 heavy (non-hydrogen) atoms. The number of amides is 1. The summed E-state index contributed by atoms with van der Waals surface area (Å²) in [4.78, 5) is 14.5. The van der Waals surface area contributed by atoms with Crippen LogP contribution < -0.4 is 4.74 Å². The Labute approximate surface area is 161 Å². The summed E-state index contributed by atoms with van der Waals surface area (Å²) < 4.78 is 12.1. The maximum atomic E-state index is 12.7. The number of halogens is 1. The summed E-state index contributed by atoms with van der Waals surface area (Å²) in [5, 5.41) is 11.0. The molecule has 0 unspecified atom stereocenters. The van der Waals surface area contributed by atoms with E-state index in [1.165, 1.54) is 0 Å². The SMILES string of the molecule is N#CCCN(C(=O)COc1ccc2cc(Br)ccc2c1)C1CCOCC1. The first-order chi connectivity index (χ1) is 12.7. The topological polar surface area (TPSA) is 62.6 Å². The van der Waals surface area contributed by atoms with Crippen LogP contribution >= 0.6 is 15.9 Å². The van der Waals surface area contributed by atoms with Crippen LogP contribution in [0.5, 0.6) is 5.75 Å². The molecule has 2 aromatic rings. The smallest absolute Gasteiger partial charge is 0.260 e. The van der Waals surface area contributed by atoms with Gasteiger partial charge in [-0.2, -0.15) is 5.26 Å². The molecule has 0 bridgehead atoms. The first-order valence-electron chi connectivity index (χ1n) is 8.73. The lowest BCUT2D eigenvalue weighted by atomic mass is 10.1. The Morgan fingerprint density at radius 1 is 1.23 bits per heavy atom. The normalized spacial score (nSPS) is 14.8. The number of carbonyl (C=O) groups excluding carboxylic acids is 1. The van der Waals surface area contributed by atoms with Crippen molar-refractivity contribution >= 4 is 32.6 Å². The number of ether oxygens (including phenoxy) is 2. The minimum Gasteiger partial charge on any atom is -0.484 e. The molecule has 0 aliphatic carbocycles. The van der Waals surface area contributed by atoms with Crippen molar-refractivity contribution in [2.45, 2.75) is 25.3 Å². The third-order valence-electron chi connectivity index (χ3n) is 4.55. The minimum absolute atomic E-state index is 0.0230. The fraction of sp³-hybridized carbons (Fsp3) is 0.400. The summed E-state index contributed by atoms with van der Waals surface area (Å²) in [6.45, 7) is 1.73. The van der Waals surface area contributed by atoms with E-state index >= 15 is 0 Å². The fourth-order valence-electron chi connectivity index (χ4n) is 3.19. The van der Waals surface area contributed by atoms with E-state index in [1.807, 2.05) is 36.4 Å². The number of nitrogens with zero attached hydrogens (tertiary/aromatic N) is 2. The molecule has 136 valence electrons. The number of benzene rings is 2. The summed E-state index contributed by atoms with van der Waals surface area (Å²) in [5.74, 6) is 0.587. The molecule has 6 heteroatoms. The van der Waals surface area contributed by atoms with E-state index in [0.717, 1.165) is 28.1 Å². The molecule has 1 amide bonds. The van der Waals surface area contributed by atoms with Gasteiger partial charge in [-0.1, -0.05) is 28.1 Å². The highest BCUT2D eigenvalue weighted by molar-refractivity contribution is 9.10. The fourth-order valence-corrected chi connectivity index (χ4v) is 3.57. The molecule has 0 spiro atoms. The highest BCUT2D eigenvalue weighted by atomic mass is 79.9. The third kappa shape index (κ3) is 4.75. The average molecular weight is 417 g/mol. The average Bonchev–Trinajstić information content (AvgIpc) is 2.67. The summed E-state index contributed by atoms with van der Waals surface area (Å²) in [6.07, 6.45) is 1.94. The Kier molecular flexibility index (Phi) is 6.48. The highest BCUT2D eigenvalue weighted by Gasteiger charge is 2.25. The molecular formula is C20H21BrN2O3. The lowest BCUT2D eigenvalue weighted by Crippen LogP contribution is -2.45. The van der Waals surface area contributed by atoms with Crippen molar-refractivity contribution in [2.75, 3.05) is 26.4 Å². The van der Waals surface area contributed by atoms with Gasteiger partial charge in [-0.05, 0) is 47.9 Å². The molecule has 5 nitrogen and oxygen atoms in total. The van der Waals surface area contributed by atoms with Gasteiger partial charge in [-0.25, -0.2) is 0 Å². The van der Waals surface area contributed by atoms with Crippen LogP contribution in [0.1, 0.15) is 19.3 Å². The predicted molar refractivity (Wildman–Crippen MR) is 103 cm³/mol. The van der Waals surface area contributed by atoms with Crippen molar-refractivity contribution in [2.24, 2.45) is 0 Å². The van der Waals surface area contributed by atoms with Crippen molar-refractivity contribution < 1.29 is 14.3 Å². The molecule has 0 N–H and O–H groups in total. The first-order valence-corrected chi connectivity index (χ1v) is 9.53. The molecule has 0 atom stereocenters. The number of fused-ring (bicyclic) bond motifs is 1. The van der Waals surface area contributed by atoms with Gasteiger partial charge in [-0.3, -0.25) is 4.79 Å². The molecule has 0 saturated carbocycles. The van der Waals surface area contributed by atoms with Crippen molar-refractivity contribution in [1.82, 2.24) is 4.90 Å². The van der Waals surface area contributed by atoms with E-state index in [4.69, 9.17) is 14.7 Å². The zero-order valence-corrected chi connectivity index (χ0v) is 16.1. The molecule has 1 aliphatic rings. The van der Waals surface area contributed by atoms with Crippen molar-refractivity contribution in [1.29, 1.82) is 5.26 Å². The van der Waals surface area contributed by atoms with Gasteiger partial charge < -0.3 is 14.4 Å². The lowest BCUT2D eigenvalue weighted by molar-refractivity contribution is -0.137. The van der Waals surface area contributed by atoms with E-state index in [-0.39, 0.29) is 18.6 Å². The Morgan fingerprint density at radius 2 is 1.96 bits per heavy atom. The first kappa shape index (κ1) is 18.7. The van der Waals surface area contributed by atoms with E-state index in [0.29, 0.717) is 31.9 Å². The second-order valence-corrected chi connectivity index (χ2v) is 7.20. The van der Waals surface area contributed by atoms with Gasteiger partial charge in [-0.15, -0.1) is 0 Å². The quantitative estimate of drug-likeness (QED) is 0.715. The van der Waals surface area contributed by atoms with Gasteiger partial charge >= 0.3 is 0 Å². The second kappa shape index (κ2) is 9.02. The standard InChI is InChI=1S/C20H21BrN2O3/c21-17-4-2-16-13-19(5-3-15(16)12-17)26-14-20(24)23(9-1-8-22)18-6-10-25-11-7-18/h2-5,12-13,18H,1,6-7,9-11,14H2. The van der Waals surface area contributed by atoms with Gasteiger partial charge in [0.2, 0.25) is 0 Å². The number of hydrogen-bond acceptors (Lipinski definition) is 4. The summed E-state index contributed by atoms with van der Waals surface area (Å²) in [7, 11) is 0. The molecule has 1 heterocycles. The number of carbonyl (C=O) groups is 1. The zero-order valence-electron chi connectivity index (χ0n) is 14.5. The molecule has 2 aromatic carbocycles. The largest absolute Gasteiger partial charge is 0.484 e. The lowest BCUT2D eigenvalue weighted by Gasteiger charge is -2.33. The molecule has 0 aromatic heterocycles. The summed E-state index contributed by atoms with van der Waals surface area (Å²) in [5.41, 5.74) is 0. The number of rotatable bonds is 6. The molecule has 3 rings (SSSR count). The van der Waals surface area contributed by atoms with Crippen molar-refractivity contribution in [3.05, 3.63) is 40.9 Å². The maximum absolute atomic E-state index is 12.7. The summed E-state index contributed by atoms with van der Waals surface area (Å²) in [6, 6.07) is 14.1. The van der Waals surface area contributed by atoms with Crippen LogP contribution in [0.4, 0.5) is 0 Å². The van der Waals surface area contributed by atoms with Crippen molar-refractivity contribution in [3.63, 3.8) is 0 Å². The Hall–Kier alpha value is -2.10. The Bertz CT molecular complexity index is 812. The van der Waals surface area contributed by atoms with Crippen molar-refractivity contribution in [3.8, 4) is 11.8 Å². The van der Waals surface area contributed by atoms with E-state index in [9.17, 15) is 4.79 Å². The third-order valence-corrected chi connectivity index (χ3v) is 5.05. The van der Waals surface area contributed by atoms with Gasteiger partial charge in [0.05, 0.1) is 12.5 Å². The number of hydrogen-bond donors (Lipinski definition) is 0. The van der Waals surface area contributed by atoms with Crippen LogP contribution in [0.3, 0.4) is 0 Å². The van der Waals surface area contributed by atoms with Crippen LogP contribution in [0.15, 0.2) is 40.9 Å². The second-order valence-electron chi connectivity index (χ2n) is 6.28. The van der Waals surface area contributed by atoms with Gasteiger partial charge in [0.25, 0.3) is 5.91 Å². The van der Waals surface area contributed by atoms with E-state index in [2.05, 4.69) is 22.0 Å². The van der Waals surface area contributed by atoms with Gasteiger partial charge in [0.15, 0.2) is 6.61 Å². The highest BCUT2D eigenvalue weighted by Crippen LogP contribution is 2.24. The van der Waals surface area contributed by atoms with E-state index < -0.39 is 0 Å².